The molecule has 2 N–H and O–H groups in total. The van der Waals surface area contributed by atoms with Crippen molar-refractivity contribution >= 4 is 46.6 Å². The molecule has 0 aliphatic rings. The minimum Gasteiger partial charge on any atom is -0.444 e. The van der Waals surface area contributed by atoms with Crippen molar-refractivity contribution in [1.29, 1.82) is 0 Å². The topological polar surface area (TPSA) is 76.1 Å². The molecule has 0 atom stereocenters. The maximum Gasteiger partial charge on any atom is 0.413 e. The van der Waals surface area contributed by atoms with Gasteiger partial charge >= 0.3 is 6.09 Å². The average Bonchev–Trinajstić information content (AvgIpc) is 2.42. The zero-order valence-electron chi connectivity index (χ0n) is 12.9. The lowest BCUT2D eigenvalue weighted by Crippen LogP contribution is -2.27. The van der Waals surface area contributed by atoms with Crippen LogP contribution in [0.4, 0.5) is 22.1 Å². The first-order chi connectivity index (χ1) is 10.7. The van der Waals surface area contributed by atoms with Gasteiger partial charge in [-0.25, -0.2) is 4.79 Å². The van der Waals surface area contributed by atoms with Crippen LogP contribution in [-0.4, -0.2) is 21.9 Å². The average molecular weight is 355 g/mol. The van der Waals surface area contributed by atoms with Crippen molar-refractivity contribution < 1.29 is 9.53 Å². The van der Waals surface area contributed by atoms with Gasteiger partial charge in [0.05, 0.1) is 10.7 Å². The molecule has 23 heavy (non-hydrogen) atoms. The SMILES string of the molecule is CC(C)(C)OC(=O)Nc1ccc(Nc2ccc(Cl)cc2Cl)nn1. The molecule has 0 fully saturated rings. The third kappa shape index (κ3) is 5.58. The van der Waals surface area contributed by atoms with E-state index in [-0.39, 0.29) is 5.82 Å². The fourth-order valence-electron chi connectivity index (χ4n) is 1.60. The Morgan fingerprint density at radius 2 is 1.74 bits per heavy atom. The van der Waals surface area contributed by atoms with Crippen molar-refractivity contribution in [3.63, 3.8) is 0 Å². The Bertz CT molecular complexity index is 700. The third-order valence-electron chi connectivity index (χ3n) is 2.49. The van der Waals surface area contributed by atoms with E-state index in [4.69, 9.17) is 27.9 Å². The summed E-state index contributed by atoms with van der Waals surface area (Å²) >= 11 is 11.9. The van der Waals surface area contributed by atoms with Crippen LogP contribution in [0.3, 0.4) is 0 Å². The van der Waals surface area contributed by atoms with E-state index < -0.39 is 11.7 Å². The van der Waals surface area contributed by atoms with Crippen molar-refractivity contribution in [1.82, 2.24) is 10.2 Å². The number of nitrogens with zero attached hydrogens (tertiary/aromatic N) is 2. The second kappa shape index (κ2) is 7.02. The van der Waals surface area contributed by atoms with Gasteiger partial charge in [0.25, 0.3) is 0 Å². The number of anilines is 3. The Hall–Kier alpha value is -2.05. The zero-order chi connectivity index (χ0) is 17.0. The van der Waals surface area contributed by atoms with Gasteiger partial charge in [-0.05, 0) is 51.1 Å². The number of halogens is 2. The van der Waals surface area contributed by atoms with E-state index in [0.717, 1.165) is 0 Å². The van der Waals surface area contributed by atoms with Gasteiger partial charge in [-0.2, -0.15) is 0 Å². The lowest BCUT2D eigenvalue weighted by atomic mass is 10.2. The standard InChI is InChI=1S/C15H16Cl2N4O2/c1-15(2,3)23-14(22)19-13-7-6-12(20-21-13)18-11-5-4-9(16)8-10(11)17/h4-8H,1-3H3,(H,18,20)(H,19,21,22). The lowest BCUT2D eigenvalue weighted by molar-refractivity contribution is 0.0635. The first-order valence-corrected chi connectivity index (χ1v) is 7.54. The van der Waals surface area contributed by atoms with Gasteiger partial charge in [0, 0.05) is 5.02 Å². The van der Waals surface area contributed by atoms with E-state index in [1.54, 1.807) is 51.1 Å². The molecular formula is C15H16Cl2N4O2. The first-order valence-electron chi connectivity index (χ1n) is 6.79. The van der Waals surface area contributed by atoms with Crippen molar-refractivity contribution in [2.75, 3.05) is 10.6 Å². The van der Waals surface area contributed by atoms with Crippen LogP contribution in [0.2, 0.25) is 10.0 Å². The molecule has 0 saturated heterocycles. The van der Waals surface area contributed by atoms with E-state index in [0.29, 0.717) is 21.6 Å². The van der Waals surface area contributed by atoms with Gasteiger partial charge in [-0.15, -0.1) is 10.2 Å². The van der Waals surface area contributed by atoms with Crippen molar-refractivity contribution in [2.45, 2.75) is 26.4 Å². The second-order valence-electron chi connectivity index (χ2n) is 5.68. The Kier molecular flexibility index (Phi) is 5.28. The highest BCUT2D eigenvalue weighted by atomic mass is 35.5. The van der Waals surface area contributed by atoms with E-state index in [1.807, 2.05) is 0 Å². The number of nitrogens with one attached hydrogen (secondary N) is 2. The summed E-state index contributed by atoms with van der Waals surface area (Å²) in [6.07, 6.45) is -0.590. The smallest absolute Gasteiger partial charge is 0.413 e. The van der Waals surface area contributed by atoms with Crippen LogP contribution >= 0.6 is 23.2 Å². The number of amides is 1. The number of carbonyl (C=O) groups is 1. The maximum absolute atomic E-state index is 11.6. The number of carbonyl (C=O) groups excluding carboxylic acids is 1. The van der Waals surface area contributed by atoms with Crippen LogP contribution in [0.15, 0.2) is 30.3 Å². The molecule has 1 aromatic heterocycles. The molecule has 0 unspecified atom stereocenters. The molecule has 0 aliphatic carbocycles. The summed E-state index contributed by atoms with van der Waals surface area (Å²) in [5.74, 6) is 0.760. The fourth-order valence-corrected chi connectivity index (χ4v) is 2.06. The molecular weight excluding hydrogens is 339 g/mol. The summed E-state index contributed by atoms with van der Waals surface area (Å²) in [6.45, 7) is 5.34. The maximum atomic E-state index is 11.6. The van der Waals surface area contributed by atoms with Crippen molar-refractivity contribution in [2.24, 2.45) is 0 Å². The van der Waals surface area contributed by atoms with Crippen LogP contribution < -0.4 is 10.6 Å². The Morgan fingerprint density at radius 3 is 2.30 bits per heavy atom. The number of hydrogen-bond donors (Lipinski definition) is 2. The van der Waals surface area contributed by atoms with Gasteiger partial charge < -0.3 is 10.1 Å². The molecule has 2 rings (SSSR count). The van der Waals surface area contributed by atoms with E-state index >= 15 is 0 Å². The molecule has 1 aromatic carbocycles. The van der Waals surface area contributed by atoms with Gasteiger partial charge in [0.2, 0.25) is 0 Å². The monoisotopic (exact) mass is 354 g/mol. The molecule has 0 radical (unpaired) electrons. The second-order valence-corrected chi connectivity index (χ2v) is 6.52. The molecule has 0 aliphatic heterocycles. The molecule has 0 bridgehead atoms. The molecule has 6 nitrogen and oxygen atoms in total. The molecule has 122 valence electrons. The summed E-state index contributed by atoms with van der Waals surface area (Å²) in [5.41, 5.74) is 0.0721. The quantitative estimate of drug-likeness (QED) is 0.821. The predicted octanol–water partition coefficient (Wildman–Crippen LogP) is 4.87. The lowest BCUT2D eigenvalue weighted by Gasteiger charge is -2.19. The summed E-state index contributed by atoms with van der Waals surface area (Å²) in [6, 6.07) is 8.33. The Labute approximate surface area is 144 Å². The Balaban J connectivity index is 2.01. The summed E-state index contributed by atoms with van der Waals surface area (Å²) in [7, 11) is 0. The highest BCUT2D eigenvalue weighted by Gasteiger charge is 2.16. The predicted molar refractivity (Wildman–Crippen MR) is 91.6 cm³/mol. The summed E-state index contributed by atoms with van der Waals surface area (Å²) < 4.78 is 5.13. The third-order valence-corrected chi connectivity index (χ3v) is 3.04. The number of aromatic nitrogens is 2. The number of rotatable bonds is 3. The largest absolute Gasteiger partial charge is 0.444 e. The number of ether oxygens (including phenoxy) is 1. The van der Waals surface area contributed by atoms with Gasteiger partial charge in [0.1, 0.15) is 5.60 Å². The molecule has 1 amide bonds. The van der Waals surface area contributed by atoms with Crippen LogP contribution in [0.25, 0.3) is 0 Å². The summed E-state index contributed by atoms with van der Waals surface area (Å²) in [4.78, 5) is 11.6. The van der Waals surface area contributed by atoms with E-state index in [2.05, 4.69) is 20.8 Å². The fraction of sp³-hybridized carbons (Fsp3) is 0.267. The van der Waals surface area contributed by atoms with Crippen molar-refractivity contribution in [3.05, 3.63) is 40.4 Å². The molecule has 1 heterocycles. The molecule has 8 heteroatoms. The van der Waals surface area contributed by atoms with E-state index in [9.17, 15) is 4.79 Å². The van der Waals surface area contributed by atoms with Gasteiger partial charge in [-0.3, -0.25) is 5.32 Å². The normalized spacial score (nSPS) is 11.0. The molecule has 0 saturated carbocycles. The molecule has 0 spiro atoms. The van der Waals surface area contributed by atoms with Crippen LogP contribution in [0.1, 0.15) is 20.8 Å². The minimum atomic E-state index is -0.590. The minimum absolute atomic E-state index is 0.284. The highest BCUT2D eigenvalue weighted by molar-refractivity contribution is 6.36. The highest BCUT2D eigenvalue weighted by Crippen LogP contribution is 2.27. The molecule has 2 aromatic rings. The Morgan fingerprint density at radius 1 is 1.09 bits per heavy atom. The van der Waals surface area contributed by atoms with Crippen LogP contribution in [0.5, 0.6) is 0 Å². The summed E-state index contributed by atoms with van der Waals surface area (Å²) in [5, 5.41) is 14.4. The number of benzene rings is 1. The number of hydrogen-bond acceptors (Lipinski definition) is 5. The van der Waals surface area contributed by atoms with Crippen LogP contribution in [-0.2, 0) is 4.74 Å². The zero-order valence-corrected chi connectivity index (χ0v) is 14.4. The van der Waals surface area contributed by atoms with Crippen molar-refractivity contribution in [3.8, 4) is 0 Å². The van der Waals surface area contributed by atoms with Gasteiger partial charge in [-0.1, -0.05) is 23.2 Å². The van der Waals surface area contributed by atoms with E-state index in [1.165, 1.54) is 0 Å². The first kappa shape index (κ1) is 17.3. The van der Waals surface area contributed by atoms with Gasteiger partial charge in [0.15, 0.2) is 11.6 Å². The van der Waals surface area contributed by atoms with Crippen LogP contribution in [0, 0.1) is 0 Å².